The lowest BCUT2D eigenvalue weighted by Crippen LogP contribution is -2.30. The molecule has 0 aromatic heterocycles. The van der Waals surface area contributed by atoms with E-state index in [2.05, 4.69) is 81.5 Å². The summed E-state index contributed by atoms with van der Waals surface area (Å²) in [5.41, 5.74) is 0. The lowest BCUT2D eigenvalue weighted by Gasteiger charge is -2.18. The van der Waals surface area contributed by atoms with Crippen molar-refractivity contribution in [3.8, 4) is 0 Å². The largest absolute Gasteiger partial charge is 0.462 e. The van der Waals surface area contributed by atoms with Gasteiger partial charge in [-0.2, -0.15) is 0 Å². The number of carbonyl (C=O) groups is 3. The van der Waals surface area contributed by atoms with Crippen LogP contribution in [0.15, 0.2) is 60.8 Å². The van der Waals surface area contributed by atoms with Gasteiger partial charge in [0.15, 0.2) is 6.10 Å². The summed E-state index contributed by atoms with van der Waals surface area (Å²) in [5, 5.41) is 0. The number of carbonyl (C=O) groups excluding carboxylic acids is 3. The van der Waals surface area contributed by atoms with E-state index in [0.717, 1.165) is 77.0 Å². The third kappa shape index (κ3) is 55.9. The Bertz CT molecular complexity index is 1250. The SMILES string of the molecule is CC/C=C\C/C=C\C/C=C\C/C=C\CCCCC(=O)OC(COC(=O)CCCCCCCCCCC)COC(=O)CCCCCCCCCCCCCCCCC/C=C\CCCCCCCCCC. The highest BCUT2D eigenvalue weighted by atomic mass is 16.6. The minimum atomic E-state index is -0.792. The lowest BCUT2D eigenvalue weighted by atomic mass is 10.0. The molecular weight excluding hydrogens is 853 g/mol. The smallest absolute Gasteiger partial charge is 0.306 e. The molecule has 0 saturated carbocycles. The van der Waals surface area contributed by atoms with Crippen LogP contribution >= 0.6 is 0 Å². The summed E-state index contributed by atoms with van der Waals surface area (Å²) in [6.07, 6.45) is 72.5. The Balaban J connectivity index is 4.17. The van der Waals surface area contributed by atoms with Gasteiger partial charge in [-0.25, -0.2) is 0 Å². The summed E-state index contributed by atoms with van der Waals surface area (Å²) in [6.45, 7) is 6.50. The molecule has 0 rings (SSSR count). The molecule has 6 heteroatoms. The molecule has 0 amide bonds. The molecule has 6 nitrogen and oxygen atoms in total. The van der Waals surface area contributed by atoms with Crippen LogP contribution in [-0.2, 0) is 28.6 Å². The van der Waals surface area contributed by atoms with Crippen molar-refractivity contribution in [1.82, 2.24) is 0 Å². The van der Waals surface area contributed by atoms with E-state index in [0.29, 0.717) is 19.3 Å². The summed E-state index contributed by atoms with van der Waals surface area (Å²) in [6, 6.07) is 0. The molecule has 0 aliphatic rings. The number of rotatable bonds is 54. The molecule has 0 heterocycles. The zero-order chi connectivity index (χ0) is 50.0. The van der Waals surface area contributed by atoms with Crippen LogP contribution in [0, 0.1) is 0 Å². The first-order chi connectivity index (χ1) is 34.0. The number of esters is 3. The standard InChI is InChI=1S/C63H112O6/c1-4-7-10-13-16-19-21-23-25-26-27-28-29-30-31-32-33-34-35-36-38-39-41-44-47-50-53-56-62(65)68-59-60(58-67-61(64)55-52-49-46-43-18-15-12-9-6-3)69-63(66)57-54-51-48-45-42-40-37-24-22-20-17-14-11-8-5-2/h8,11,17,20,24,26-27,37,42,45,60H,4-7,9-10,12-16,18-19,21-23,25,28-36,38-41,43-44,46-59H2,1-3H3/b11-8-,20-17-,27-26-,37-24-,45-42-. The summed E-state index contributed by atoms with van der Waals surface area (Å²) < 4.78 is 16.8. The first kappa shape index (κ1) is 66.1. The van der Waals surface area contributed by atoms with E-state index in [9.17, 15) is 14.4 Å². The van der Waals surface area contributed by atoms with Gasteiger partial charge >= 0.3 is 17.9 Å². The van der Waals surface area contributed by atoms with Crippen LogP contribution in [-0.4, -0.2) is 37.2 Å². The fourth-order valence-electron chi connectivity index (χ4n) is 8.55. The Morgan fingerprint density at radius 2 is 0.565 bits per heavy atom. The molecule has 0 fully saturated rings. The van der Waals surface area contributed by atoms with E-state index in [4.69, 9.17) is 14.2 Å². The van der Waals surface area contributed by atoms with Crippen LogP contribution in [0.4, 0.5) is 0 Å². The zero-order valence-corrected chi connectivity index (χ0v) is 45.8. The number of hydrogen-bond acceptors (Lipinski definition) is 6. The predicted molar refractivity (Wildman–Crippen MR) is 298 cm³/mol. The molecular formula is C63H112O6. The molecule has 0 spiro atoms. The van der Waals surface area contributed by atoms with Crippen molar-refractivity contribution in [2.45, 2.75) is 309 Å². The Labute approximate surface area is 428 Å². The van der Waals surface area contributed by atoms with Crippen molar-refractivity contribution in [2.24, 2.45) is 0 Å². The van der Waals surface area contributed by atoms with Crippen molar-refractivity contribution in [3.63, 3.8) is 0 Å². The van der Waals surface area contributed by atoms with Crippen molar-refractivity contribution in [1.29, 1.82) is 0 Å². The Kier molecular flexibility index (Phi) is 55.3. The van der Waals surface area contributed by atoms with Gasteiger partial charge in [0.05, 0.1) is 0 Å². The molecule has 0 aliphatic heterocycles. The van der Waals surface area contributed by atoms with Gasteiger partial charge in [0.1, 0.15) is 13.2 Å². The summed E-state index contributed by atoms with van der Waals surface area (Å²) in [5.74, 6) is -0.922. The maximum absolute atomic E-state index is 12.8. The molecule has 69 heavy (non-hydrogen) atoms. The van der Waals surface area contributed by atoms with Gasteiger partial charge in [0.2, 0.25) is 0 Å². The van der Waals surface area contributed by atoms with Gasteiger partial charge < -0.3 is 14.2 Å². The Morgan fingerprint density at radius 1 is 0.304 bits per heavy atom. The van der Waals surface area contributed by atoms with Gasteiger partial charge in [-0.3, -0.25) is 14.4 Å². The summed E-state index contributed by atoms with van der Waals surface area (Å²) in [7, 11) is 0. The van der Waals surface area contributed by atoms with Crippen LogP contribution in [0.3, 0.4) is 0 Å². The topological polar surface area (TPSA) is 78.9 Å². The van der Waals surface area contributed by atoms with E-state index in [-0.39, 0.29) is 37.5 Å². The van der Waals surface area contributed by atoms with Crippen molar-refractivity contribution >= 4 is 17.9 Å². The third-order valence-electron chi connectivity index (χ3n) is 13.0. The van der Waals surface area contributed by atoms with Crippen molar-refractivity contribution in [2.75, 3.05) is 13.2 Å². The minimum absolute atomic E-state index is 0.0881. The van der Waals surface area contributed by atoms with E-state index in [1.165, 1.54) is 180 Å². The monoisotopic (exact) mass is 965 g/mol. The fourth-order valence-corrected chi connectivity index (χ4v) is 8.55. The number of unbranched alkanes of at least 4 members (excludes halogenated alkanes) is 33. The Morgan fingerprint density at radius 3 is 0.928 bits per heavy atom. The van der Waals surface area contributed by atoms with Crippen LogP contribution in [0.2, 0.25) is 0 Å². The molecule has 0 aliphatic carbocycles. The average molecular weight is 966 g/mol. The van der Waals surface area contributed by atoms with E-state index in [1.54, 1.807) is 0 Å². The minimum Gasteiger partial charge on any atom is -0.462 e. The average Bonchev–Trinajstić information content (AvgIpc) is 3.35. The highest BCUT2D eigenvalue weighted by Gasteiger charge is 2.19. The number of allylic oxidation sites excluding steroid dienone is 10. The van der Waals surface area contributed by atoms with Crippen LogP contribution in [0.1, 0.15) is 303 Å². The van der Waals surface area contributed by atoms with Crippen molar-refractivity contribution < 1.29 is 28.6 Å². The van der Waals surface area contributed by atoms with Crippen LogP contribution < -0.4 is 0 Å². The summed E-state index contributed by atoms with van der Waals surface area (Å²) >= 11 is 0. The van der Waals surface area contributed by atoms with E-state index >= 15 is 0 Å². The van der Waals surface area contributed by atoms with Crippen LogP contribution in [0.25, 0.3) is 0 Å². The van der Waals surface area contributed by atoms with Gasteiger partial charge in [-0.1, -0.05) is 261 Å². The van der Waals surface area contributed by atoms with Gasteiger partial charge in [-0.05, 0) is 83.5 Å². The van der Waals surface area contributed by atoms with E-state index < -0.39 is 6.10 Å². The molecule has 0 aromatic rings. The van der Waals surface area contributed by atoms with Gasteiger partial charge in [-0.15, -0.1) is 0 Å². The molecule has 1 unspecified atom stereocenters. The normalized spacial score (nSPS) is 12.4. The third-order valence-corrected chi connectivity index (χ3v) is 13.0. The number of ether oxygens (including phenoxy) is 3. The fraction of sp³-hybridized carbons (Fsp3) is 0.794. The van der Waals surface area contributed by atoms with Gasteiger partial charge in [0, 0.05) is 19.3 Å². The quantitative estimate of drug-likeness (QED) is 0.0262. The molecule has 1 atom stereocenters. The maximum atomic E-state index is 12.8. The molecule has 400 valence electrons. The second-order valence-electron chi connectivity index (χ2n) is 19.9. The highest BCUT2D eigenvalue weighted by molar-refractivity contribution is 5.71. The number of hydrogen-bond donors (Lipinski definition) is 0. The molecule has 0 aromatic carbocycles. The summed E-state index contributed by atoms with van der Waals surface area (Å²) in [4.78, 5) is 38.0. The first-order valence-corrected chi connectivity index (χ1v) is 29.8. The zero-order valence-electron chi connectivity index (χ0n) is 45.8. The first-order valence-electron chi connectivity index (χ1n) is 29.8. The highest BCUT2D eigenvalue weighted by Crippen LogP contribution is 2.16. The van der Waals surface area contributed by atoms with Gasteiger partial charge in [0.25, 0.3) is 0 Å². The molecule has 0 bridgehead atoms. The molecule has 0 saturated heterocycles. The van der Waals surface area contributed by atoms with Crippen LogP contribution in [0.5, 0.6) is 0 Å². The lowest BCUT2D eigenvalue weighted by molar-refractivity contribution is -0.167. The maximum Gasteiger partial charge on any atom is 0.306 e. The van der Waals surface area contributed by atoms with Crippen molar-refractivity contribution in [3.05, 3.63) is 60.8 Å². The Hall–Kier alpha value is -2.89. The second kappa shape index (κ2) is 57.7. The molecule has 0 N–H and O–H groups in total. The predicted octanol–water partition coefficient (Wildman–Crippen LogP) is 20.0. The molecule has 0 radical (unpaired) electrons. The second-order valence-corrected chi connectivity index (χ2v) is 19.9. The van der Waals surface area contributed by atoms with E-state index in [1.807, 2.05) is 0 Å².